The Bertz CT molecular complexity index is 1190. The standard InChI is InChI=1S/C27H26N4O2/c32-27(33-19-21-7-3-1-4-8-21)31-14-13-30(18-25-16-28-20-29-25)26-12-11-23(15-24(26)17-31)22-9-5-2-6-10-22/h1-12,15-16,20H,13-14,17-19H2,(H,28,29). The Hall–Kier alpha value is -4.06. The van der Waals surface area contributed by atoms with Gasteiger partial charge in [-0.25, -0.2) is 9.78 Å². The van der Waals surface area contributed by atoms with Crippen molar-refractivity contribution in [3.05, 3.63) is 108 Å². The molecule has 0 atom stereocenters. The number of imidazole rings is 1. The average molecular weight is 439 g/mol. The molecule has 0 unspecified atom stereocenters. The fourth-order valence-electron chi connectivity index (χ4n) is 4.18. The van der Waals surface area contributed by atoms with Crippen LogP contribution >= 0.6 is 0 Å². The van der Waals surface area contributed by atoms with Crippen LogP contribution in [0.3, 0.4) is 0 Å². The highest BCUT2D eigenvalue weighted by Crippen LogP contribution is 2.31. The van der Waals surface area contributed by atoms with Crippen molar-refractivity contribution in [2.24, 2.45) is 0 Å². The maximum absolute atomic E-state index is 13.0. The number of carbonyl (C=O) groups is 1. The molecular weight excluding hydrogens is 412 g/mol. The Morgan fingerprint density at radius 3 is 2.48 bits per heavy atom. The molecule has 0 saturated carbocycles. The Morgan fingerprint density at radius 2 is 1.73 bits per heavy atom. The summed E-state index contributed by atoms with van der Waals surface area (Å²) in [4.78, 5) is 24.4. The largest absolute Gasteiger partial charge is 0.445 e. The van der Waals surface area contributed by atoms with Crippen molar-refractivity contribution in [2.75, 3.05) is 18.0 Å². The lowest BCUT2D eigenvalue weighted by Crippen LogP contribution is -2.35. The average Bonchev–Trinajstić information content (AvgIpc) is 3.31. The number of carbonyl (C=O) groups excluding carboxylic acids is 1. The van der Waals surface area contributed by atoms with Crippen LogP contribution < -0.4 is 4.90 Å². The third-order valence-electron chi connectivity index (χ3n) is 5.91. The molecule has 1 aromatic heterocycles. The third kappa shape index (κ3) is 4.90. The van der Waals surface area contributed by atoms with Crippen LogP contribution in [-0.4, -0.2) is 34.1 Å². The van der Waals surface area contributed by atoms with Gasteiger partial charge in [0.1, 0.15) is 6.61 Å². The van der Waals surface area contributed by atoms with Crippen LogP contribution in [-0.2, 0) is 24.4 Å². The molecule has 0 fully saturated rings. The topological polar surface area (TPSA) is 61.5 Å². The number of H-pyrrole nitrogens is 1. The summed E-state index contributed by atoms with van der Waals surface area (Å²) in [7, 11) is 0. The van der Waals surface area contributed by atoms with E-state index in [2.05, 4.69) is 45.2 Å². The molecule has 0 aliphatic carbocycles. The lowest BCUT2D eigenvalue weighted by atomic mass is 10.0. The number of ether oxygens (including phenoxy) is 1. The molecule has 0 radical (unpaired) electrons. The van der Waals surface area contributed by atoms with E-state index in [0.29, 0.717) is 26.2 Å². The summed E-state index contributed by atoms with van der Waals surface area (Å²) in [5.41, 5.74) is 6.53. The molecular formula is C27H26N4O2. The van der Waals surface area contributed by atoms with E-state index in [9.17, 15) is 4.79 Å². The Balaban J connectivity index is 1.40. The van der Waals surface area contributed by atoms with Gasteiger partial charge in [-0.1, -0.05) is 66.7 Å². The van der Waals surface area contributed by atoms with Crippen LogP contribution in [0.25, 0.3) is 11.1 Å². The zero-order valence-corrected chi connectivity index (χ0v) is 18.4. The van der Waals surface area contributed by atoms with Crippen molar-refractivity contribution in [1.29, 1.82) is 0 Å². The van der Waals surface area contributed by atoms with Gasteiger partial charge in [-0.05, 0) is 34.4 Å². The molecule has 1 aliphatic rings. The molecule has 4 aromatic rings. The minimum absolute atomic E-state index is 0.269. The van der Waals surface area contributed by atoms with Crippen molar-refractivity contribution in [3.8, 4) is 11.1 Å². The van der Waals surface area contributed by atoms with E-state index in [-0.39, 0.29) is 12.7 Å². The lowest BCUT2D eigenvalue weighted by Gasteiger charge is -2.24. The minimum atomic E-state index is -0.293. The number of aromatic amines is 1. The van der Waals surface area contributed by atoms with Gasteiger partial charge in [0.15, 0.2) is 0 Å². The number of nitrogens with one attached hydrogen (secondary N) is 1. The number of nitrogens with zero attached hydrogens (tertiary/aromatic N) is 3. The molecule has 0 saturated heterocycles. The highest BCUT2D eigenvalue weighted by Gasteiger charge is 2.25. The number of fused-ring (bicyclic) bond motifs is 1. The third-order valence-corrected chi connectivity index (χ3v) is 5.91. The van der Waals surface area contributed by atoms with Crippen molar-refractivity contribution >= 4 is 11.8 Å². The van der Waals surface area contributed by atoms with E-state index in [1.165, 1.54) is 0 Å². The number of hydrogen-bond acceptors (Lipinski definition) is 4. The Labute approximate surface area is 193 Å². The summed E-state index contributed by atoms with van der Waals surface area (Å²) in [6.07, 6.45) is 3.24. The number of aromatic nitrogens is 2. The van der Waals surface area contributed by atoms with Crippen molar-refractivity contribution in [2.45, 2.75) is 19.7 Å². The van der Waals surface area contributed by atoms with Crippen LogP contribution in [0.15, 0.2) is 91.4 Å². The molecule has 1 aliphatic heterocycles. The molecule has 5 rings (SSSR count). The number of hydrogen-bond donors (Lipinski definition) is 1. The molecule has 6 nitrogen and oxygen atoms in total. The predicted octanol–water partition coefficient (Wildman–Crippen LogP) is 5.24. The summed E-state index contributed by atoms with van der Waals surface area (Å²) >= 11 is 0. The monoisotopic (exact) mass is 438 g/mol. The normalized spacial score (nSPS) is 13.3. The first kappa shape index (κ1) is 20.8. The second kappa shape index (κ2) is 9.61. The Morgan fingerprint density at radius 1 is 0.939 bits per heavy atom. The van der Waals surface area contributed by atoms with Crippen LogP contribution in [0.1, 0.15) is 16.8 Å². The minimum Gasteiger partial charge on any atom is -0.445 e. The summed E-state index contributed by atoms with van der Waals surface area (Å²) in [5.74, 6) is 0. The van der Waals surface area contributed by atoms with E-state index < -0.39 is 0 Å². The van der Waals surface area contributed by atoms with E-state index in [1.54, 1.807) is 11.2 Å². The highest BCUT2D eigenvalue weighted by atomic mass is 16.6. The second-order valence-corrected chi connectivity index (χ2v) is 8.17. The number of rotatable bonds is 5. The smallest absolute Gasteiger partial charge is 0.410 e. The fourth-order valence-corrected chi connectivity index (χ4v) is 4.18. The van der Waals surface area contributed by atoms with E-state index in [1.807, 2.05) is 54.7 Å². The van der Waals surface area contributed by atoms with Crippen LogP contribution in [0.2, 0.25) is 0 Å². The molecule has 33 heavy (non-hydrogen) atoms. The summed E-state index contributed by atoms with van der Waals surface area (Å²) in [6.45, 7) is 2.76. The van der Waals surface area contributed by atoms with Crippen LogP contribution in [0.4, 0.5) is 10.5 Å². The summed E-state index contributed by atoms with van der Waals surface area (Å²) in [5, 5.41) is 0. The van der Waals surface area contributed by atoms with Gasteiger partial charge in [0.05, 0.1) is 25.1 Å². The number of benzene rings is 3. The zero-order chi connectivity index (χ0) is 22.5. The van der Waals surface area contributed by atoms with Crippen molar-refractivity contribution in [1.82, 2.24) is 14.9 Å². The molecule has 3 aromatic carbocycles. The molecule has 1 N–H and O–H groups in total. The summed E-state index contributed by atoms with van der Waals surface area (Å²) in [6, 6.07) is 26.6. The van der Waals surface area contributed by atoms with E-state index >= 15 is 0 Å². The molecule has 6 heteroatoms. The zero-order valence-electron chi connectivity index (χ0n) is 18.4. The SMILES string of the molecule is O=C(OCc1ccccc1)N1CCN(Cc2cnc[nH]2)c2ccc(-c3ccccc3)cc2C1. The highest BCUT2D eigenvalue weighted by molar-refractivity contribution is 5.72. The Kier molecular flexibility index (Phi) is 6.06. The van der Waals surface area contributed by atoms with Gasteiger partial charge in [-0.3, -0.25) is 0 Å². The van der Waals surface area contributed by atoms with Gasteiger partial charge in [0.2, 0.25) is 0 Å². The van der Waals surface area contributed by atoms with Gasteiger partial charge >= 0.3 is 6.09 Å². The van der Waals surface area contributed by atoms with Crippen LogP contribution in [0.5, 0.6) is 0 Å². The molecule has 0 bridgehead atoms. The van der Waals surface area contributed by atoms with Gasteiger partial charge in [0, 0.05) is 25.0 Å². The van der Waals surface area contributed by atoms with Crippen molar-refractivity contribution < 1.29 is 9.53 Å². The maximum atomic E-state index is 13.0. The molecule has 2 heterocycles. The predicted molar refractivity (Wildman–Crippen MR) is 129 cm³/mol. The quantitative estimate of drug-likeness (QED) is 0.463. The first-order valence-corrected chi connectivity index (χ1v) is 11.1. The van der Waals surface area contributed by atoms with Gasteiger partial charge < -0.3 is 19.5 Å². The van der Waals surface area contributed by atoms with Gasteiger partial charge in [-0.15, -0.1) is 0 Å². The summed E-state index contributed by atoms with van der Waals surface area (Å²) < 4.78 is 5.65. The number of amides is 1. The second-order valence-electron chi connectivity index (χ2n) is 8.17. The maximum Gasteiger partial charge on any atom is 0.410 e. The fraction of sp³-hybridized carbons (Fsp3) is 0.185. The van der Waals surface area contributed by atoms with E-state index in [0.717, 1.165) is 33.6 Å². The first-order valence-electron chi connectivity index (χ1n) is 11.1. The van der Waals surface area contributed by atoms with Crippen LogP contribution in [0, 0.1) is 0 Å². The molecule has 166 valence electrons. The lowest BCUT2D eigenvalue weighted by molar-refractivity contribution is 0.0954. The molecule has 0 spiro atoms. The first-order chi connectivity index (χ1) is 16.3. The molecule has 1 amide bonds. The van der Waals surface area contributed by atoms with Gasteiger partial charge in [-0.2, -0.15) is 0 Å². The van der Waals surface area contributed by atoms with Gasteiger partial charge in [0.25, 0.3) is 0 Å². The number of anilines is 1. The van der Waals surface area contributed by atoms with Crippen molar-refractivity contribution in [3.63, 3.8) is 0 Å². The van der Waals surface area contributed by atoms with E-state index in [4.69, 9.17) is 4.74 Å².